The molecule has 0 radical (unpaired) electrons. The number of hydrogen-bond acceptors (Lipinski definition) is 4. The van der Waals surface area contributed by atoms with Gasteiger partial charge in [-0.1, -0.05) is 0 Å². The van der Waals surface area contributed by atoms with Gasteiger partial charge in [-0.05, 0) is 28.9 Å². The van der Waals surface area contributed by atoms with Crippen molar-refractivity contribution in [2.45, 2.75) is 25.2 Å². The summed E-state index contributed by atoms with van der Waals surface area (Å²) in [4.78, 5) is 21.3. The lowest BCUT2D eigenvalue weighted by Gasteiger charge is -2.37. The molecule has 1 atom stereocenters. The average Bonchev–Trinajstić information content (AvgIpc) is 3.17. The van der Waals surface area contributed by atoms with E-state index in [4.69, 9.17) is 0 Å². The molecule has 0 aliphatic carbocycles. The van der Waals surface area contributed by atoms with Gasteiger partial charge in [0.25, 0.3) is 17.6 Å². The normalized spacial score (nSPS) is 18.6. The number of aryl methyl sites for hydroxylation is 1. The lowest BCUT2D eigenvalue weighted by atomic mass is 9.91. The molecule has 13 heteroatoms. The summed E-state index contributed by atoms with van der Waals surface area (Å²) in [5, 5.41) is 3.95. The molecule has 0 unspecified atom stereocenters. The van der Waals surface area contributed by atoms with Crippen LogP contribution in [0.25, 0.3) is 5.78 Å². The summed E-state index contributed by atoms with van der Waals surface area (Å²) >= 11 is 2.41. The highest BCUT2D eigenvalue weighted by atomic mass is 79.9. The van der Waals surface area contributed by atoms with Gasteiger partial charge in [0.15, 0.2) is 23.3 Å². The maximum atomic E-state index is 14.5. The number of alkyl halides is 2. The number of aromatic nitrogens is 4. The number of likely N-dealkylation sites (tertiary alicyclic amines) is 1. The number of rotatable bonds is 2. The number of piperidine rings is 1. The number of nitrogens with zero attached hydrogens (tertiary/aromatic N) is 5. The molecule has 1 aromatic carbocycles. The summed E-state index contributed by atoms with van der Waals surface area (Å²) in [6, 6.07) is 1.49. The van der Waals surface area contributed by atoms with Crippen molar-refractivity contribution < 1.29 is 31.1 Å². The Bertz CT molecular complexity index is 1190. The summed E-state index contributed by atoms with van der Waals surface area (Å²) in [6.07, 6.45) is 0.500. The fraction of sp³-hybridized carbons (Fsp3) is 0.333. The maximum absolute atomic E-state index is 14.5. The van der Waals surface area contributed by atoms with E-state index in [1.54, 1.807) is 6.92 Å². The number of halogens is 7. The summed E-state index contributed by atoms with van der Waals surface area (Å²) in [6.45, 7) is 0.0936. The smallest absolute Gasteiger partial charge is 0.266 e. The molecule has 1 fully saturated rings. The molecular formula is C18H12BrF6N5O. The highest BCUT2D eigenvalue weighted by Crippen LogP contribution is 2.38. The van der Waals surface area contributed by atoms with Crippen LogP contribution in [0.1, 0.15) is 34.1 Å². The quantitative estimate of drug-likeness (QED) is 0.298. The van der Waals surface area contributed by atoms with E-state index in [0.29, 0.717) is 10.6 Å². The number of carbonyl (C=O) groups is 1. The van der Waals surface area contributed by atoms with Crippen molar-refractivity contribution in [1.82, 2.24) is 24.5 Å². The lowest BCUT2D eigenvalue weighted by Crippen LogP contribution is -2.49. The number of carbonyl (C=O) groups excluding carboxylic acids is 1. The fourth-order valence-corrected chi connectivity index (χ4v) is 4.03. The van der Waals surface area contributed by atoms with Gasteiger partial charge in [-0.15, -0.1) is 0 Å². The van der Waals surface area contributed by atoms with Crippen molar-refractivity contribution in [3.8, 4) is 0 Å². The predicted molar refractivity (Wildman–Crippen MR) is 97.7 cm³/mol. The Hall–Kier alpha value is -2.70. The first kappa shape index (κ1) is 21.5. The minimum atomic E-state index is -3.43. The summed E-state index contributed by atoms with van der Waals surface area (Å²) in [5.41, 5.74) is -0.729. The van der Waals surface area contributed by atoms with Crippen LogP contribution < -0.4 is 0 Å². The topological polar surface area (TPSA) is 63.4 Å². The van der Waals surface area contributed by atoms with Crippen molar-refractivity contribution in [3.05, 3.63) is 57.1 Å². The first-order valence-electron chi connectivity index (χ1n) is 8.86. The molecule has 3 heterocycles. The van der Waals surface area contributed by atoms with Crippen molar-refractivity contribution in [2.75, 3.05) is 13.1 Å². The van der Waals surface area contributed by atoms with Crippen LogP contribution in [-0.2, 0) is 0 Å². The zero-order valence-electron chi connectivity index (χ0n) is 15.6. The molecule has 2 aromatic heterocycles. The van der Waals surface area contributed by atoms with Crippen LogP contribution in [0.3, 0.4) is 0 Å². The van der Waals surface area contributed by atoms with E-state index < -0.39 is 64.0 Å². The van der Waals surface area contributed by atoms with Gasteiger partial charge in [-0.2, -0.15) is 10.1 Å². The lowest BCUT2D eigenvalue weighted by molar-refractivity contribution is -0.0643. The third-order valence-electron chi connectivity index (χ3n) is 4.94. The second-order valence-electron chi connectivity index (χ2n) is 7.18. The predicted octanol–water partition coefficient (Wildman–Crippen LogP) is 4.02. The van der Waals surface area contributed by atoms with Crippen LogP contribution in [-0.4, -0.2) is 49.4 Å². The standard InChI is InChI=1S/C18H12BrF6N5O/c1-7-2-9(30-17(28-7)26-6-27-30)8-3-18(24,25)5-29(4-8)16(31)10-12(20)11(19)14(22)15(23)13(10)21/h2,6,8H,3-5H2,1H3/t8-/m0/s1. The number of hydrogen-bond donors (Lipinski definition) is 0. The third kappa shape index (κ3) is 3.64. The largest absolute Gasteiger partial charge is 0.332 e. The highest BCUT2D eigenvalue weighted by Gasteiger charge is 2.45. The van der Waals surface area contributed by atoms with Crippen LogP contribution in [0.4, 0.5) is 26.3 Å². The van der Waals surface area contributed by atoms with Crippen molar-refractivity contribution >= 4 is 27.6 Å². The number of benzene rings is 1. The first-order valence-corrected chi connectivity index (χ1v) is 9.65. The van der Waals surface area contributed by atoms with Crippen LogP contribution in [0.2, 0.25) is 0 Å². The molecule has 1 saturated heterocycles. The van der Waals surface area contributed by atoms with Crippen LogP contribution >= 0.6 is 15.9 Å². The molecule has 1 aliphatic rings. The number of fused-ring (bicyclic) bond motifs is 1. The molecule has 0 spiro atoms. The fourth-order valence-electron chi connectivity index (χ4n) is 3.65. The molecular weight excluding hydrogens is 496 g/mol. The van der Waals surface area contributed by atoms with Gasteiger partial charge in [-0.25, -0.2) is 35.8 Å². The van der Waals surface area contributed by atoms with Crippen molar-refractivity contribution in [2.24, 2.45) is 0 Å². The van der Waals surface area contributed by atoms with Gasteiger partial charge in [0.1, 0.15) is 11.9 Å². The SMILES string of the molecule is Cc1cc([C@@H]2CN(C(=O)c3c(F)c(F)c(F)c(Br)c3F)CC(F)(F)C2)n2ncnc2n1. The van der Waals surface area contributed by atoms with E-state index in [0.717, 1.165) is 0 Å². The zero-order valence-corrected chi connectivity index (χ0v) is 17.2. The molecule has 6 nitrogen and oxygen atoms in total. The first-order chi connectivity index (χ1) is 14.5. The summed E-state index contributed by atoms with van der Waals surface area (Å²) in [5.74, 6) is -13.6. The van der Waals surface area contributed by atoms with Crippen molar-refractivity contribution in [3.63, 3.8) is 0 Å². The Morgan fingerprint density at radius 1 is 1.16 bits per heavy atom. The van der Waals surface area contributed by atoms with Gasteiger partial charge in [-0.3, -0.25) is 4.79 Å². The maximum Gasteiger partial charge on any atom is 0.266 e. The van der Waals surface area contributed by atoms with E-state index in [2.05, 4.69) is 31.0 Å². The molecule has 1 amide bonds. The minimum absolute atomic E-state index is 0.156. The van der Waals surface area contributed by atoms with E-state index in [-0.39, 0.29) is 18.0 Å². The molecule has 4 rings (SSSR count). The molecule has 1 aliphatic heterocycles. The zero-order chi connectivity index (χ0) is 22.7. The van der Waals surface area contributed by atoms with Gasteiger partial charge in [0.05, 0.1) is 16.7 Å². The van der Waals surface area contributed by atoms with Crippen molar-refractivity contribution in [1.29, 1.82) is 0 Å². The van der Waals surface area contributed by atoms with E-state index in [9.17, 15) is 31.1 Å². The molecule has 0 saturated carbocycles. The van der Waals surface area contributed by atoms with Gasteiger partial charge < -0.3 is 4.90 Å². The summed E-state index contributed by atoms with van der Waals surface area (Å²) < 4.78 is 85.0. The minimum Gasteiger partial charge on any atom is -0.332 e. The Balaban J connectivity index is 1.77. The van der Waals surface area contributed by atoms with Crippen LogP contribution in [0.5, 0.6) is 0 Å². The van der Waals surface area contributed by atoms with Gasteiger partial charge in [0.2, 0.25) is 0 Å². The second-order valence-corrected chi connectivity index (χ2v) is 7.97. The Morgan fingerprint density at radius 3 is 2.58 bits per heavy atom. The Morgan fingerprint density at radius 2 is 1.87 bits per heavy atom. The Kier molecular flexibility index (Phi) is 5.18. The molecule has 164 valence electrons. The monoisotopic (exact) mass is 507 g/mol. The van der Waals surface area contributed by atoms with Crippen LogP contribution in [0, 0.1) is 30.2 Å². The molecule has 0 N–H and O–H groups in total. The number of amides is 1. The van der Waals surface area contributed by atoms with Gasteiger partial charge in [0, 0.05) is 24.6 Å². The molecule has 0 bridgehead atoms. The average molecular weight is 508 g/mol. The molecule has 31 heavy (non-hydrogen) atoms. The second kappa shape index (κ2) is 7.46. The van der Waals surface area contributed by atoms with Crippen LogP contribution in [0.15, 0.2) is 16.9 Å². The van der Waals surface area contributed by atoms with E-state index >= 15 is 0 Å². The summed E-state index contributed by atoms with van der Waals surface area (Å²) in [7, 11) is 0. The van der Waals surface area contributed by atoms with Gasteiger partial charge >= 0.3 is 0 Å². The van der Waals surface area contributed by atoms with E-state index in [1.807, 2.05) is 0 Å². The third-order valence-corrected chi connectivity index (χ3v) is 5.64. The highest BCUT2D eigenvalue weighted by molar-refractivity contribution is 9.10. The Labute approximate surface area is 179 Å². The van der Waals surface area contributed by atoms with E-state index in [1.165, 1.54) is 16.9 Å². The molecule has 3 aromatic rings.